The third-order valence-corrected chi connectivity index (χ3v) is 4.20. The van der Waals surface area contributed by atoms with Crippen molar-refractivity contribution in [3.63, 3.8) is 0 Å². The molecule has 0 heterocycles. The van der Waals surface area contributed by atoms with Gasteiger partial charge in [-0.3, -0.25) is 0 Å². The molecule has 80 valence electrons. The van der Waals surface area contributed by atoms with Gasteiger partial charge in [-0.15, -0.1) is 11.6 Å². The molecule has 0 radical (unpaired) electrons. The first-order valence-corrected chi connectivity index (χ1v) is 6.61. The van der Waals surface area contributed by atoms with Crippen molar-refractivity contribution in [2.24, 2.45) is 0 Å². The lowest BCUT2D eigenvalue weighted by atomic mass is 9.88. The van der Waals surface area contributed by atoms with Gasteiger partial charge in [0.25, 0.3) is 0 Å². The van der Waals surface area contributed by atoms with Gasteiger partial charge >= 0.3 is 0 Å². The number of halogens is 1. The normalized spacial score (nSPS) is 14.8. The molecular formula is C10H23ClOSi. The Kier molecular flexibility index (Phi) is 7.10. The maximum atomic E-state index is 6.34. The molecule has 0 aromatic rings. The Bertz CT molecular complexity index is 124. The topological polar surface area (TPSA) is 9.23 Å². The van der Waals surface area contributed by atoms with Crippen molar-refractivity contribution in [3.05, 3.63) is 0 Å². The van der Waals surface area contributed by atoms with Crippen LogP contribution in [0.15, 0.2) is 0 Å². The monoisotopic (exact) mass is 222 g/mol. The second kappa shape index (κ2) is 6.85. The smallest absolute Gasteiger partial charge is 0.146 e. The fourth-order valence-electron chi connectivity index (χ4n) is 1.99. The molecule has 0 fully saturated rings. The van der Waals surface area contributed by atoms with Crippen LogP contribution in [0.4, 0.5) is 0 Å². The first-order chi connectivity index (χ1) is 6.16. The second-order valence-electron chi connectivity index (χ2n) is 3.64. The molecule has 0 saturated carbocycles. The van der Waals surface area contributed by atoms with E-state index < -0.39 is 0 Å². The molecule has 1 unspecified atom stereocenters. The average Bonchev–Trinajstić information content (AvgIpc) is 2.16. The maximum absolute atomic E-state index is 6.34. The van der Waals surface area contributed by atoms with Gasteiger partial charge < -0.3 is 4.43 Å². The predicted octanol–water partition coefficient (Wildman–Crippen LogP) is 2.64. The molecule has 1 atom stereocenters. The molecule has 0 aromatic heterocycles. The summed E-state index contributed by atoms with van der Waals surface area (Å²) in [5, 5.41) is 0.185. The highest BCUT2D eigenvalue weighted by molar-refractivity contribution is 6.21. The van der Waals surface area contributed by atoms with Crippen molar-refractivity contribution in [3.8, 4) is 0 Å². The maximum Gasteiger partial charge on any atom is 0.146 e. The van der Waals surface area contributed by atoms with Crippen LogP contribution in [0.1, 0.15) is 52.9 Å². The Balaban J connectivity index is 4.42. The van der Waals surface area contributed by atoms with Crippen LogP contribution >= 0.6 is 11.6 Å². The van der Waals surface area contributed by atoms with Gasteiger partial charge in [0.2, 0.25) is 0 Å². The van der Waals surface area contributed by atoms with Crippen molar-refractivity contribution in [1.29, 1.82) is 0 Å². The number of hydrogen-bond donors (Lipinski definition) is 0. The zero-order valence-electron chi connectivity index (χ0n) is 9.40. The molecule has 0 saturated heterocycles. The van der Waals surface area contributed by atoms with Gasteiger partial charge in [-0.1, -0.05) is 33.6 Å². The molecule has 0 aliphatic heterocycles. The Morgan fingerprint density at radius 3 is 1.92 bits per heavy atom. The summed E-state index contributed by atoms with van der Waals surface area (Å²) < 4.78 is 5.78. The standard InChI is InChI=1S/C10H23ClOSi/c1-4-7-10(12-13,8-5-2)9(11)6-3/h9H,4-8H2,1-3,13H3. The summed E-state index contributed by atoms with van der Waals surface area (Å²) >= 11 is 6.34. The number of hydrogen-bond acceptors (Lipinski definition) is 1. The minimum Gasteiger partial charge on any atom is -0.421 e. The van der Waals surface area contributed by atoms with E-state index in [9.17, 15) is 0 Å². The summed E-state index contributed by atoms with van der Waals surface area (Å²) in [6, 6.07) is 0. The summed E-state index contributed by atoms with van der Waals surface area (Å²) in [6.45, 7) is 6.53. The van der Waals surface area contributed by atoms with Crippen molar-refractivity contribution < 1.29 is 4.43 Å². The highest BCUT2D eigenvalue weighted by Gasteiger charge is 2.34. The van der Waals surface area contributed by atoms with E-state index in [1.165, 1.54) is 0 Å². The van der Waals surface area contributed by atoms with Gasteiger partial charge in [-0.2, -0.15) is 0 Å². The van der Waals surface area contributed by atoms with E-state index in [2.05, 4.69) is 20.8 Å². The Hall–Kier alpha value is 0.467. The van der Waals surface area contributed by atoms with Crippen LogP contribution in [-0.4, -0.2) is 21.5 Å². The lowest BCUT2D eigenvalue weighted by Gasteiger charge is -2.37. The molecule has 0 bridgehead atoms. The lowest BCUT2D eigenvalue weighted by molar-refractivity contribution is 0.0526. The van der Waals surface area contributed by atoms with E-state index in [-0.39, 0.29) is 11.0 Å². The van der Waals surface area contributed by atoms with E-state index in [1.807, 2.05) is 0 Å². The largest absolute Gasteiger partial charge is 0.421 e. The van der Waals surface area contributed by atoms with E-state index in [0.29, 0.717) is 0 Å². The van der Waals surface area contributed by atoms with Gasteiger partial charge in [-0.25, -0.2) is 0 Å². The third-order valence-electron chi connectivity index (χ3n) is 2.68. The quantitative estimate of drug-likeness (QED) is 0.476. The highest BCUT2D eigenvalue weighted by atomic mass is 35.5. The molecule has 0 aliphatic carbocycles. The second-order valence-corrected chi connectivity index (χ2v) is 4.58. The van der Waals surface area contributed by atoms with Crippen molar-refractivity contribution >= 4 is 22.1 Å². The zero-order valence-corrected chi connectivity index (χ0v) is 12.2. The predicted molar refractivity (Wildman–Crippen MR) is 63.5 cm³/mol. The van der Waals surface area contributed by atoms with E-state index >= 15 is 0 Å². The van der Waals surface area contributed by atoms with E-state index in [4.69, 9.17) is 16.0 Å². The van der Waals surface area contributed by atoms with Crippen molar-refractivity contribution in [1.82, 2.24) is 0 Å². The van der Waals surface area contributed by atoms with Crippen LogP contribution in [0.25, 0.3) is 0 Å². The molecule has 0 rings (SSSR count). The van der Waals surface area contributed by atoms with Crippen LogP contribution in [-0.2, 0) is 4.43 Å². The third kappa shape index (κ3) is 3.60. The van der Waals surface area contributed by atoms with Gasteiger partial charge in [0, 0.05) is 0 Å². The summed E-state index contributed by atoms with van der Waals surface area (Å²) in [4.78, 5) is 0. The minimum atomic E-state index is -0.0218. The Morgan fingerprint density at radius 1 is 1.23 bits per heavy atom. The molecule has 0 amide bonds. The van der Waals surface area contributed by atoms with Crippen molar-refractivity contribution in [2.75, 3.05) is 0 Å². The minimum absolute atomic E-state index is 0.0218. The van der Waals surface area contributed by atoms with Crippen LogP contribution in [0.3, 0.4) is 0 Å². The SMILES string of the molecule is CCCC(CCC)(O[SiH3])C(Cl)CC. The lowest BCUT2D eigenvalue weighted by Crippen LogP contribution is -2.41. The first kappa shape index (κ1) is 13.5. The fraction of sp³-hybridized carbons (Fsp3) is 1.00. The van der Waals surface area contributed by atoms with Crippen LogP contribution < -0.4 is 0 Å². The Labute approximate surface area is 90.7 Å². The van der Waals surface area contributed by atoms with Gasteiger partial charge in [0.05, 0.1) is 11.0 Å². The van der Waals surface area contributed by atoms with E-state index in [1.54, 1.807) is 0 Å². The molecular weight excluding hydrogens is 200 g/mol. The van der Waals surface area contributed by atoms with Crippen molar-refractivity contribution in [2.45, 2.75) is 63.9 Å². The molecule has 1 nitrogen and oxygen atoms in total. The molecule has 13 heavy (non-hydrogen) atoms. The highest BCUT2D eigenvalue weighted by Crippen LogP contribution is 2.32. The molecule has 0 N–H and O–H groups in total. The molecule has 0 aliphatic rings. The summed E-state index contributed by atoms with van der Waals surface area (Å²) in [6.07, 6.45) is 5.53. The van der Waals surface area contributed by atoms with Gasteiger partial charge in [0.1, 0.15) is 10.5 Å². The van der Waals surface area contributed by atoms with Gasteiger partial charge in [-0.05, 0) is 19.3 Å². The summed E-state index contributed by atoms with van der Waals surface area (Å²) in [5.41, 5.74) is -0.0218. The summed E-state index contributed by atoms with van der Waals surface area (Å²) in [7, 11) is 0.793. The number of alkyl halides is 1. The van der Waals surface area contributed by atoms with E-state index in [0.717, 1.165) is 42.6 Å². The fourth-order valence-corrected chi connectivity index (χ4v) is 3.14. The van der Waals surface area contributed by atoms with Gasteiger partial charge in [0.15, 0.2) is 0 Å². The summed E-state index contributed by atoms with van der Waals surface area (Å²) in [5.74, 6) is 0. The molecule has 0 spiro atoms. The van der Waals surface area contributed by atoms with Crippen LogP contribution in [0.5, 0.6) is 0 Å². The Morgan fingerprint density at radius 2 is 1.69 bits per heavy atom. The molecule has 3 heteroatoms. The van der Waals surface area contributed by atoms with Crippen LogP contribution in [0, 0.1) is 0 Å². The average molecular weight is 223 g/mol. The molecule has 0 aromatic carbocycles. The number of rotatable bonds is 7. The zero-order chi connectivity index (χ0) is 10.3. The van der Waals surface area contributed by atoms with Crippen LogP contribution in [0.2, 0.25) is 0 Å². The first-order valence-electron chi connectivity index (χ1n) is 5.36.